The number of aliphatic hydroxyl groups is 1. The van der Waals surface area contributed by atoms with E-state index in [1.165, 1.54) is 32.1 Å². The lowest BCUT2D eigenvalue weighted by Gasteiger charge is -2.27. The van der Waals surface area contributed by atoms with Crippen molar-refractivity contribution in [1.82, 2.24) is 0 Å². The zero-order valence-electron chi connectivity index (χ0n) is 12.3. The third-order valence-electron chi connectivity index (χ3n) is 4.52. The molecule has 18 heavy (non-hydrogen) atoms. The number of alkyl halides is 1. The topological polar surface area (TPSA) is 20.2 Å². The summed E-state index contributed by atoms with van der Waals surface area (Å²) in [5, 5.41) is 10.0. The zero-order chi connectivity index (χ0) is 13.4. The Bertz CT molecular complexity index is 215. The third-order valence-corrected chi connectivity index (χ3v) is 4.52. The number of hydrogen-bond acceptors (Lipinski definition) is 1. The van der Waals surface area contributed by atoms with E-state index in [1.807, 2.05) is 6.92 Å². The summed E-state index contributed by atoms with van der Waals surface area (Å²) in [6, 6.07) is 0. The molecule has 1 aliphatic rings. The molecule has 0 aliphatic heterocycles. The molecule has 0 aromatic rings. The minimum absolute atomic E-state index is 0.233. The molecular formula is C16H31FO. The highest BCUT2D eigenvalue weighted by atomic mass is 19.1. The molecule has 0 bridgehead atoms. The Morgan fingerprint density at radius 1 is 1.06 bits per heavy atom. The van der Waals surface area contributed by atoms with Gasteiger partial charge in [0.25, 0.3) is 0 Å². The molecule has 0 aromatic carbocycles. The molecule has 1 saturated carbocycles. The van der Waals surface area contributed by atoms with E-state index >= 15 is 0 Å². The maximum atomic E-state index is 14.3. The molecule has 0 radical (unpaired) electrons. The van der Waals surface area contributed by atoms with Crippen LogP contribution in [-0.4, -0.2) is 16.9 Å². The number of halogens is 1. The summed E-state index contributed by atoms with van der Waals surface area (Å²) >= 11 is 0. The average molecular weight is 258 g/mol. The highest BCUT2D eigenvalue weighted by Gasteiger charge is 2.26. The van der Waals surface area contributed by atoms with Gasteiger partial charge in [0.2, 0.25) is 0 Å². The summed E-state index contributed by atoms with van der Waals surface area (Å²) < 4.78 is 14.3. The smallest absolute Gasteiger partial charge is 0.108 e. The SMILES string of the molecule is CCC(O)C1CCCCCCCCC(C)(F)CC1. The van der Waals surface area contributed by atoms with E-state index in [0.29, 0.717) is 18.8 Å². The first-order valence-electron chi connectivity index (χ1n) is 7.92. The van der Waals surface area contributed by atoms with Crippen LogP contribution in [0.4, 0.5) is 4.39 Å². The predicted octanol–water partition coefficient (Wildman–Crippen LogP) is 5.02. The van der Waals surface area contributed by atoms with Gasteiger partial charge in [0.05, 0.1) is 6.10 Å². The van der Waals surface area contributed by atoms with Gasteiger partial charge >= 0.3 is 0 Å². The van der Waals surface area contributed by atoms with Crippen molar-refractivity contribution in [2.45, 2.75) is 96.2 Å². The Balaban J connectivity index is 2.51. The fourth-order valence-electron chi connectivity index (χ4n) is 3.08. The van der Waals surface area contributed by atoms with Gasteiger partial charge in [0.1, 0.15) is 5.67 Å². The molecule has 3 atom stereocenters. The molecule has 1 aliphatic carbocycles. The Hall–Kier alpha value is -0.110. The van der Waals surface area contributed by atoms with Crippen molar-refractivity contribution in [2.75, 3.05) is 0 Å². The standard InChI is InChI=1S/C16H31FO/c1-3-15(18)14-10-8-6-4-5-7-9-12-16(2,17)13-11-14/h14-15,18H,3-13H2,1-2H3. The lowest BCUT2D eigenvalue weighted by atomic mass is 9.84. The highest BCUT2D eigenvalue weighted by Crippen LogP contribution is 2.31. The van der Waals surface area contributed by atoms with Crippen LogP contribution in [0.5, 0.6) is 0 Å². The molecule has 3 unspecified atom stereocenters. The maximum absolute atomic E-state index is 14.3. The van der Waals surface area contributed by atoms with Crippen LogP contribution < -0.4 is 0 Å². The first-order valence-corrected chi connectivity index (χ1v) is 7.92. The Morgan fingerprint density at radius 3 is 2.33 bits per heavy atom. The van der Waals surface area contributed by atoms with Crippen molar-refractivity contribution in [1.29, 1.82) is 0 Å². The Kier molecular flexibility index (Phi) is 7.21. The van der Waals surface area contributed by atoms with Crippen molar-refractivity contribution < 1.29 is 9.50 Å². The van der Waals surface area contributed by atoms with Gasteiger partial charge in [-0.15, -0.1) is 0 Å². The Labute approximate surface area is 112 Å². The molecule has 0 amide bonds. The fraction of sp³-hybridized carbons (Fsp3) is 1.00. The van der Waals surface area contributed by atoms with Crippen LogP contribution in [0.2, 0.25) is 0 Å². The van der Waals surface area contributed by atoms with Crippen LogP contribution >= 0.6 is 0 Å². The quantitative estimate of drug-likeness (QED) is 0.737. The number of hydrogen-bond donors (Lipinski definition) is 1. The molecule has 1 rings (SSSR count). The summed E-state index contributed by atoms with van der Waals surface area (Å²) in [5.74, 6) is 0.310. The first kappa shape index (κ1) is 15.9. The van der Waals surface area contributed by atoms with E-state index in [4.69, 9.17) is 0 Å². The van der Waals surface area contributed by atoms with Gasteiger partial charge in [-0.3, -0.25) is 0 Å². The van der Waals surface area contributed by atoms with Gasteiger partial charge in [-0.05, 0) is 44.9 Å². The molecule has 0 aromatic heterocycles. The fourth-order valence-corrected chi connectivity index (χ4v) is 3.08. The van der Waals surface area contributed by atoms with Gasteiger partial charge in [0, 0.05) is 0 Å². The normalized spacial score (nSPS) is 34.3. The molecule has 1 nitrogen and oxygen atoms in total. The van der Waals surface area contributed by atoms with Crippen molar-refractivity contribution in [3.8, 4) is 0 Å². The van der Waals surface area contributed by atoms with E-state index in [0.717, 1.165) is 25.7 Å². The molecule has 0 saturated heterocycles. The van der Waals surface area contributed by atoms with E-state index in [2.05, 4.69) is 0 Å². The molecule has 108 valence electrons. The summed E-state index contributed by atoms with van der Waals surface area (Å²) in [4.78, 5) is 0. The van der Waals surface area contributed by atoms with Crippen LogP contribution in [0, 0.1) is 5.92 Å². The van der Waals surface area contributed by atoms with Gasteiger partial charge in [-0.25, -0.2) is 4.39 Å². The molecule has 0 heterocycles. The van der Waals surface area contributed by atoms with E-state index in [9.17, 15) is 9.50 Å². The minimum Gasteiger partial charge on any atom is -0.393 e. The number of rotatable bonds is 2. The first-order chi connectivity index (χ1) is 8.55. The van der Waals surface area contributed by atoms with Gasteiger partial charge < -0.3 is 5.11 Å². The largest absolute Gasteiger partial charge is 0.393 e. The third kappa shape index (κ3) is 6.17. The van der Waals surface area contributed by atoms with Gasteiger partial charge in [-0.1, -0.05) is 45.4 Å². The summed E-state index contributed by atoms with van der Waals surface area (Å²) in [6.07, 6.45) is 11.0. The summed E-state index contributed by atoms with van der Waals surface area (Å²) in [6.45, 7) is 3.77. The van der Waals surface area contributed by atoms with Crippen molar-refractivity contribution in [3.63, 3.8) is 0 Å². The molecule has 2 heteroatoms. The van der Waals surface area contributed by atoms with Crippen molar-refractivity contribution in [2.24, 2.45) is 5.92 Å². The van der Waals surface area contributed by atoms with E-state index in [-0.39, 0.29) is 6.10 Å². The number of aliphatic hydroxyl groups excluding tert-OH is 1. The van der Waals surface area contributed by atoms with E-state index in [1.54, 1.807) is 6.92 Å². The zero-order valence-corrected chi connectivity index (χ0v) is 12.3. The summed E-state index contributed by atoms with van der Waals surface area (Å²) in [7, 11) is 0. The van der Waals surface area contributed by atoms with Crippen LogP contribution in [-0.2, 0) is 0 Å². The van der Waals surface area contributed by atoms with Crippen LogP contribution in [0.3, 0.4) is 0 Å². The lowest BCUT2D eigenvalue weighted by Crippen LogP contribution is -2.25. The maximum Gasteiger partial charge on any atom is 0.108 e. The van der Waals surface area contributed by atoms with Crippen molar-refractivity contribution in [3.05, 3.63) is 0 Å². The van der Waals surface area contributed by atoms with Crippen LogP contribution in [0.1, 0.15) is 84.5 Å². The molecular weight excluding hydrogens is 227 g/mol. The van der Waals surface area contributed by atoms with Gasteiger partial charge in [-0.2, -0.15) is 0 Å². The van der Waals surface area contributed by atoms with Gasteiger partial charge in [0.15, 0.2) is 0 Å². The lowest BCUT2D eigenvalue weighted by molar-refractivity contribution is 0.0705. The second-order valence-electron chi connectivity index (χ2n) is 6.35. The Morgan fingerprint density at radius 2 is 1.67 bits per heavy atom. The highest BCUT2D eigenvalue weighted by molar-refractivity contribution is 4.78. The summed E-state index contributed by atoms with van der Waals surface area (Å²) in [5.41, 5.74) is -1.02. The second-order valence-corrected chi connectivity index (χ2v) is 6.35. The van der Waals surface area contributed by atoms with Crippen LogP contribution in [0.15, 0.2) is 0 Å². The average Bonchev–Trinajstić information content (AvgIpc) is 2.33. The monoisotopic (exact) mass is 258 g/mol. The molecule has 1 N–H and O–H groups in total. The molecule has 0 spiro atoms. The molecule has 1 fully saturated rings. The minimum atomic E-state index is -1.02. The van der Waals surface area contributed by atoms with E-state index < -0.39 is 5.67 Å². The second kappa shape index (κ2) is 8.14. The van der Waals surface area contributed by atoms with Crippen molar-refractivity contribution >= 4 is 0 Å². The van der Waals surface area contributed by atoms with Crippen LogP contribution in [0.25, 0.3) is 0 Å². The predicted molar refractivity (Wildman–Crippen MR) is 75.5 cm³/mol.